The number of aliphatic carboxylic acids is 1. The summed E-state index contributed by atoms with van der Waals surface area (Å²) in [5.41, 5.74) is 1.04. The summed E-state index contributed by atoms with van der Waals surface area (Å²) in [5, 5.41) is 8.98. The van der Waals surface area contributed by atoms with Gasteiger partial charge in [0.1, 0.15) is 23.0 Å². The number of aryl methyl sites for hydroxylation is 1. The lowest BCUT2D eigenvalue weighted by Crippen LogP contribution is -2.35. The number of carboxylic acids is 1. The number of amides is 2. The molecule has 1 atom stereocenters. The Hall–Kier alpha value is -3.64. The molecule has 1 N–H and O–H groups in total. The summed E-state index contributed by atoms with van der Waals surface area (Å²) in [7, 11) is 1.49. The highest BCUT2D eigenvalue weighted by molar-refractivity contribution is 7.14. The van der Waals surface area contributed by atoms with Crippen LogP contribution in [0.3, 0.4) is 0 Å². The van der Waals surface area contributed by atoms with Gasteiger partial charge in [-0.25, -0.2) is 9.97 Å². The average molecular weight is 571 g/mol. The van der Waals surface area contributed by atoms with Crippen LogP contribution in [0.5, 0.6) is 0 Å². The Morgan fingerprint density at radius 1 is 1.30 bits per heavy atom. The maximum Gasteiger partial charge on any atom is 0.304 e. The normalized spacial score (nSPS) is 16.9. The van der Waals surface area contributed by atoms with Crippen molar-refractivity contribution in [2.45, 2.75) is 45.4 Å². The van der Waals surface area contributed by atoms with Gasteiger partial charge in [0.05, 0.1) is 12.0 Å². The molecule has 5 heterocycles. The number of ether oxygens (including phenoxy) is 1. The Balaban J connectivity index is 1.39. The summed E-state index contributed by atoms with van der Waals surface area (Å²) < 4.78 is 26.6. The van der Waals surface area contributed by atoms with Gasteiger partial charge in [0, 0.05) is 50.9 Å². The molecule has 2 saturated heterocycles. The summed E-state index contributed by atoms with van der Waals surface area (Å²) in [6.45, 7) is 3.55. The average Bonchev–Trinajstić information content (AvgIpc) is 3.65. The van der Waals surface area contributed by atoms with E-state index >= 15 is 4.39 Å². The van der Waals surface area contributed by atoms with E-state index < -0.39 is 22.9 Å². The number of pyridine rings is 1. The zero-order valence-corrected chi connectivity index (χ0v) is 23.2. The molecule has 212 valence electrons. The molecule has 0 aromatic carbocycles. The topological polar surface area (TPSA) is 126 Å². The number of carboxylic acid groups (broad SMARTS) is 1. The second kappa shape index (κ2) is 11.8. The van der Waals surface area contributed by atoms with Gasteiger partial charge < -0.3 is 14.3 Å². The van der Waals surface area contributed by atoms with Crippen molar-refractivity contribution in [3.8, 4) is 22.6 Å². The molecule has 2 amide bonds. The van der Waals surface area contributed by atoms with E-state index in [-0.39, 0.29) is 29.1 Å². The molecular weight excluding hydrogens is 539 g/mol. The SMILES string of the molecule is Cc1cc(-c2nc(N(C)C(=O)[C@@H](CC(=O)O)CC3CCOCC3)sc2F)c(-c2ccc(N3CCCC3=O)nc2)o1. The summed E-state index contributed by atoms with van der Waals surface area (Å²) in [6.07, 6.45) is 4.54. The van der Waals surface area contributed by atoms with Crippen LogP contribution in [0, 0.1) is 23.9 Å². The first-order chi connectivity index (χ1) is 19.2. The molecule has 2 aliphatic rings. The van der Waals surface area contributed by atoms with Crippen molar-refractivity contribution >= 4 is 40.1 Å². The van der Waals surface area contributed by atoms with Crippen LogP contribution >= 0.6 is 11.3 Å². The van der Waals surface area contributed by atoms with Crippen LogP contribution in [0.1, 0.15) is 44.3 Å². The maximum absolute atomic E-state index is 15.3. The zero-order valence-electron chi connectivity index (χ0n) is 22.4. The van der Waals surface area contributed by atoms with Gasteiger partial charge in [-0.1, -0.05) is 11.3 Å². The fourth-order valence-corrected chi connectivity index (χ4v) is 6.09. The molecule has 0 radical (unpaired) electrons. The number of aromatic nitrogens is 2. The smallest absolute Gasteiger partial charge is 0.304 e. The predicted octanol–water partition coefficient (Wildman–Crippen LogP) is 4.91. The fourth-order valence-electron chi connectivity index (χ4n) is 5.31. The van der Waals surface area contributed by atoms with Crippen LogP contribution in [0.25, 0.3) is 22.6 Å². The lowest BCUT2D eigenvalue weighted by molar-refractivity contribution is -0.141. The number of halogens is 1. The molecule has 0 unspecified atom stereocenters. The first-order valence-electron chi connectivity index (χ1n) is 13.3. The third-order valence-electron chi connectivity index (χ3n) is 7.39. The Bertz CT molecular complexity index is 1400. The van der Waals surface area contributed by atoms with Gasteiger partial charge in [-0.3, -0.25) is 24.2 Å². The molecule has 5 rings (SSSR count). The van der Waals surface area contributed by atoms with Crippen LogP contribution in [-0.4, -0.2) is 59.7 Å². The summed E-state index contributed by atoms with van der Waals surface area (Å²) in [6, 6.07) is 5.18. The molecule has 0 aliphatic carbocycles. The van der Waals surface area contributed by atoms with Crippen LogP contribution in [-0.2, 0) is 19.1 Å². The lowest BCUT2D eigenvalue weighted by Gasteiger charge is -2.27. The highest BCUT2D eigenvalue weighted by atomic mass is 32.1. The largest absolute Gasteiger partial charge is 0.481 e. The van der Waals surface area contributed by atoms with Gasteiger partial charge in [0.2, 0.25) is 16.9 Å². The van der Waals surface area contributed by atoms with Crippen molar-refractivity contribution in [1.29, 1.82) is 0 Å². The van der Waals surface area contributed by atoms with Crippen LogP contribution in [0.15, 0.2) is 28.8 Å². The molecule has 0 saturated carbocycles. The van der Waals surface area contributed by atoms with E-state index in [9.17, 15) is 19.5 Å². The maximum atomic E-state index is 15.3. The third kappa shape index (κ3) is 5.92. The minimum Gasteiger partial charge on any atom is -0.481 e. The zero-order chi connectivity index (χ0) is 28.4. The summed E-state index contributed by atoms with van der Waals surface area (Å²) in [4.78, 5) is 48.8. The number of rotatable bonds is 9. The van der Waals surface area contributed by atoms with Crippen molar-refractivity contribution in [1.82, 2.24) is 9.97 Å². The van der Waals surface area contributed by atoms with E-state index in [4.69, 9.17) is 9.15 Å². The number of hydrogen-bond acceptors (Lipinski definition) is 8. The Kier molecular flexibility index (Phi) is 8.27. The minimum absolute atomic E-state index is 0.0314. The van der Waals surface area contributed by atoms with E-state index in [2.05, 4.69) is 9.97 Å². The molecule has 3 aromatic heterocycles. The van der Waals surface area contributed by atoms with E-state index in [1.54, 1.807) is 36.2 Å². The molecule has 0 bridgehead atoms. The van der Waals surface area contributed by atoms with Crippen LogP contribution < -0.4 is 9.80 Å². The molecule has 2 fully saturated rings. The molecule has 3 aromatic rings. The van der Waals surface area contributed by atoms with Crippen molar-refractivity contribution in [2.75, 3.05) is 36.6 Å². The Morgan fingerprint density at radius 3 is 2.73 bits per heavy atom. The highest BCUT2D eigenvalue weighted by Crippen LogP contribution is 2.40. The number of anilines is 2. The minimum atomic E-state index is -1.06. The van der Waals surface area contributed by atoms with Crippen molar-refractivity contribution < 1.29 is 33.0 Å². The Labute approximate surface area is 234 Å². The summed E-state index contributed by atoms with van der Waals surface area (Å²) >= 11 is 0.719. The number of carbonyl (C=O) groups is 3. The molecular formula is C28H31FN4O6S. The van der Waals surface area contributed by atoms with E-state index in [0.717, 1.165) is 30.6 Å². The van der Waals surface area contributed by atoms with E-state index in [1.807, 2.05) is 0 Å². The number of carbonyl (C=O) groups excluding carboxylic acids is 2. The molecule has 40 heavy (non-hydrogen) atoms. The van der Waals surface area contributed by atoms with Crippen molar-refractivity contribution in [3.63, 3.8) is 0 Å². The molecule has 2 aliphatic heterocycles. The number of furan rings is 1. The van der Waals surface area contributed by atoms with Crippen molar-refractivity contribution in [3.05, 3.63) is 35.3 Å². The van der Waals surface area contributed by atoms with E-state index in [1.165, 1.54) is 11.9 Å². The van der Waals surface area contributed by atoms with Crippen molar-refractivity contribution in [2.24, 2.45) is 11.8 Å². The number of thiazole rings is 1. The van der Waals surface area contributed by atoms with Gasteiger partial charge in [-0.15, -0.1) is 0 Å². The van der Waals surface area contributed by atoms with Crippen LogP contribution in [0.4, 0.5) is 15.3 Å². The first-order valence-corrected chi connectivity index (χ1v) is 14.1. The molecule has 12 heteroatoms. The predicted molar refractivity (Wildman–Crippen MR) is 147 cm³/mol. The number of hydrogen-bond donors (Lipinski definition) is 1. The second-order valence-electron chi connectivity index (χ2n) is 10.3. The van der Waals surface area contributed by atoms with Gasteiger partial charge >= 0.3 is 5.97 Å². The standard InChI is InChI=1S/C28H31FN4O6S/c1-16-12-20(25(39-16)18-5-6-21(30-15-18)33-9-3-4-22(33)34)24-26(29)40-28(31-24)32(2)27(37)19(14-23(35)36)13-17-7-10-38-11-8-17/h5-6,12,15,17,19H,3-4,7-11,13-14H2,1-2H3,(H,35,36)/t19-/m1/s1. The lowest BCUT2D eigenvalue weighted by atomic mass is 9.86. The second-order valence-corrected chi connectivity index (χ2v) is 11.2. The quantitative estimate of drug-likeness (QED) is 0.385. The van der Waals surface area contributed by atoms with Crippen LogP contribution in [0.2, 0.25) is 0 Å². The van der Waals surface area contributed by atoms with Gasteiger partial charge in [-0.05, 0) is 56.7 Å². The fraction of sp³-hybridized carbons (Fsp3) is 0.464. The number of nitrogens with zero attached hydrogens (tertiary/aromatic N) is 4. The molecule has 10 nitrogen and oxygen atoms in total. The van der Waals surface area contributed by atoms with Gasteiger partial charge in [0.15, 0.2) is 5.13 Å². The molecule has 0 spiro atoms. The first kappa shape index (κ1) is 27.9. The van der Waals surface area contributed by atoms with E-state index in [0.29, 0.717) is 61.1 Å². The highest BCUT2D eigenvalue weighted by Gasteiger charge is 2.32. The van der Waals surface area contributed by atoms with Gasteiger partial charge in [0.25, 0.3) is 0 Å². The van der Waals surface area contributed by atoms with Gasteiger partial charge in [-0.2, -0.15) is 4.39 Å². The third-order valence-corrected chi connectivity index (χ3v) is 8.31. The Morgan fingerprint density at radius 2 is 2.08 bits per heavy atom. The summed E-state index contributed by atoms with van der Waals surface area (Å²) in [5.74, 6) is -0.527. The monoisotopic (exact) mass is 570 g/mol.